The summed E-state index contributed by atoms with van der Waals surface area (Å²) in [6.45, 7) is 7.21. The molecule has 1 heterocycles. The number of hydrogen-bond donors (Lipinski definition) is 2. The summed E-state index contributed by atoms with van der Waals surface area (Å²) in [5.41, 5.74) is 4.69. The molecular formula is C23H28N4O4S. The quantitative estimate of drug-likeness (QED) is 0.359. The fourth-order valence-corrected chi connectivity index (χ4v) is 4.86. The third kappa shape index (κ3) is 5.82. The minimum Gasteiger partial charge on any atom is -0.507 e. The molecule has 2 N–H and O–H groups in total. The van der Waals surface area contributed by atoms with Crippen LogP contribution in [0.1, 0.15) is 16.7 Å². The van der Waals surface area contributed by atoms with Crippen LogP contribution in [-0.4, -0.2) is 67.6 Å². The zero-order chi connectivity index (χ0) is 23.1. The van der Waals surface area contributed by atoms with Gasteiger partial charge in [0.1, 0.15) is 5.75 Å². The molecule has 0 unspecified atom stereocenters. The number of para-hydroxylation sites is 1. The van der Waals surface area contributed by atoms with Gasteiger partial charge in [-0.2, -0.15) is 9.41 Å². The van der Waals surface area contributed by atoms with Crippen LogP contribution in [0.25, 0.3) is 0 Å². The highest BCUT2D eigenvalue weighted by Crippen LogP contribution is 2.21. The smallest absolute Gasteiger partial charge is 0.254 e. The van der Waals surface area contributed by atoms with Crippen LogP contribution in [0.15, 0.2) is 65.1 Å². The van der Waals surface area contributed by atoms with E-state index in [1.807, 2.05) is 11.8 Å². The number of nitrogens with zero attached hydrogens (tertiary/aromatic N) is 3. The van der Waals surface area contributed by atoms with E-state index in [1.54, 1.807) is 48.5 Å². The Balaban J connectivity index is 1.49. The van der Waals surface area contributed by atoms with E-state index in [4.69, 9.17) is 0 Å². The largest absolute Gasteiger partial charge is 0.507 e. The monoisotopic (exact) mass is 456 g/mol. The molecule has 2 aromatic carbocycles. The molecule has 1 fully saturated rings. The number of allylic oxidation sites excluding steroid dienone is 1. The molecule has 1 aliphatic rings. The van der Waals surface area contributed by atoms with Crippen molar-refractivity contribution in [3.05, 3.63) is 71.8 Å². The van der Waals surface area contributed by atoms with Crippen molar-refractivity contribution >= 4 is 22.1 Å². The molecule has 0 aromatic heterocycles. The van der Waals surface area contributed by atoms with Crippen LogP contribution >= 0.6 is 0 Å². The number of carbonyl (C=O) groups is 1. The van der Waals surface area contributed by atoms with Crippen molar-refractivity contribution in [2.75, 3.05) is 32.7 Å². The number of carbonyl (C=O) groups excluding carboxylic acids is 1. The van der Waals surface area contributed by atoms with Gasteiger partial charge in [-0.25, -0.2) is 13.8 Å². The summed E-state index contributed by atoms with van der Waals surface area (Å²) < 4.78 is 27.0. The Bertz CT molecular complexity index is 1090. The number of aryl methyl sites for hydroxylation is 1. The van der Waals surface area contributed by atoms with Crippen molar-refractivity contribution in [2.24, 2.45) is 5.10 Å². The molecule has 0 radical (unpaired) electrons. The van der Waals surface area contributed by atoms with Gasteiger partial charge in [0.25, 0.3) is 5.91 Å². The maximum absolute atomic E-state index is 12.8. The third-order valence-electron chi connectivity index (χ3n) is 5.27. The molecule has 8 nitrogen and oxygen atoms in total. The van der Waals surface area contributed by atoms with Crippen LogP contribution in [0.3, 0.4) is 0 Å². The van der Waals surface area contributed by atoms with Crippen molar-refractivity contribution in [1.82, 2.24) is 14.6 Å². The van der Waals surface area contributed by atoms with Crippen molar-refractivity contribution in [1.29, 1.82) is 0 Å². The maximum atomic E-state index is 12.8. The van der Waals surface area contributed by atoms with E-state index in [0.29, 0.717) is 38.2 Å². The number of phenolic OH excluding ortho intramolecular Hbond substituents is 1. The van der Waals surface area contributed by atoms with Gasteiger partial charge in [-0.3, -0.25) is 9.69 Å². The Morgan fingerprint density at radius 1 is 1.16 bits per heavy atom. The number of nitrogens with one attached hydrogen (secondary N) is 1. The molecule has 0 spiro atoms. The Kier molecular flexibility index (Phi) is 7.79. The highest BCUT2D eigenvalue weighted by molar-refractivity contribution is 7.89. The lowest BCUT2D eigenvalue weighted by molar-refractivity contribution is -0.122. The number of phenols is 1. The van der Waals surface area contributed by atoms with Gasteiger partial charge in [0.2, 0.25) is 10.0 Å². The highest BCUT2D eigenvalue weighted by Gasteiger charge is 2.28. The number of rotatable bonds is 8. The van der Waals surface area contributed by atoms with E-state index in [2.05, 4.69) is 17.1 Å². The van der Waals surface area contributed by atoms with Gasteiger partial charge < -0.3 is 5.11 Å². The summed E-state index contributed by atoms with van der Waals surface area (Å²) in [4.78, 5) is 14.4. The summed E-state index contributed by atoms with van der Waals surface area (Å²) in [6.07, 6.45) is 3.63. The zero-order valence-corrected chi connectivity index (χ0v) is 18.9. The molecule has 2 aromatic rings. The first-order chi connectivity index (χ1) is 15.3. The number of hydrogen-bond acceptors (Lipinski definition) is 6. The van der Waals surface area contributed by atoms with Crippen LogP contribution < -0.4 is 5.43 Å². The number of sulfonamides is 1. The molecule has 0 atom stereocenters. The fourth-order valence-electron chi connectivity index (χ4n) is 3.44. The number of amides is 1. The lowest BCUT2D eigenvalue weighted by Gasteiger charge is -2.33. The van der Waals surface area contributed by atoms with Crippen molar-refractivity contribution in [2.45, 2.75) is 18.2 Å². The number of benzene rings is 2. The summed E-state index contributed by atoms with van der Waals surface area (Å²) in [5.74, 6) is -0.200. The summed E-state index contributed by atoms with van der Waals surface area (Å²) in [7, 11) is -3.53. The molecule has 9 heteroatoms. The lowest BCUT2D eigenvalue weighted by atomic mass is 10.1. The minimum atomic E-state index is -3.53. The van der Waals surface area contributed by atoms with Crippen LogP contribution in [0.4, 0.5) is 0 Å². The average Bonchev–Trinajstić information content (AvgIpc) is 2.77. The van der Waals surface area contributed by atoms with Crippen LogP contribution in [0.2, 0.25) is 0 Å². The predicted octanol–water partition coefficient (Wildman–Crippen LogP) is 1.89. The van der Waals surface area contributed by atoms with Crippen molar-refractivity contribution in [3.63, 3.8) is 0 Å². The Morgan fingerprint density at radius 3 is 2.50 bits per heavy atom. The van der Waals surface area contributed by atoms with E-state index >= 15 is 0 Å². The second kappa shape index (κ2) is 10.5. The van der Waals surface area contributed by atoms with E-state index in [1.165, 1.54) is 10.5 Å². The van der Waals surface area contributed by atoms with Gasteiger partial charge >= 0.3 is 0 Å². The Labute approximate surface area is 188 Å². The van der Waals surface area contributed by atoms with Crippen molar-refractivity contribution < 1.29 is 18.3 Å². The fraction of sp³-hybridized carbons (Fsp3) is 0.304. The summed E-state index contributed by atoms with van der Waals surface area (Å²) >= 11 is 0. The second-order valence-electron chi connectivity index (χ2n) is 7.63. The predicted molar refractivity (Wildman–Crippen MR) is 124 cm³/mol. The van der Waals surface area contributed by atoms with Crippen LogP contribution in [0.5, 0.6) is 5.75 Å². The SMILES string of the molecule is C=CCc1cccc(/C=N\NC(=O)CN2CCN(S(=O)(=O)c3ccc(C)cc3)CC2)c1O. The highest BCUT2D eigenvalue weighted by atomic mass is 32.2. The van der Waals surface area contributed by atoms with E-state index in [9.17, 15) is 18.3 Å². The standard InChI is InChI=1S/C23H28N4O4S/c1-3-5-19-6-4-7-20(23(19)29)16-24-25-22(28)17-26-12-14-27(15-13-26)32(30,31)21-10-8-18(2)9-11-21/h3-4,6-11,16,29H,1,5,12-15,17H2,2H3,(H,25,28)/b24-16-. The first-order valence-electron chi connectivity index (χ1n) is 10.3. The van der Waals surface area contributed by atoms with Gasteiger partial charge in [-0.05, 0) is 37.1 Å². The van der Waals surface area contributed by atoms with Gasteiger partial charge in [-0.15, -0.1) is 6.58 Å². The van der Waals surface area contributed by atoms with Gasteiger partial charge in [0, 0.05) is 31.7 Å². The number of aromatic hydroxyl groups is 1. The summed E-state index contributed by atoms with van der Waals surface area (Å²) in [6, 6.07) is 12.1. The molecule has 1 amide bonds. The maximum Gasteiger partial charge on any atom is 0.254 e. The lowest BCUT2D eigenvalue weighted by Crippen LogP contribution is -2.50. The molecule has 0 aliphatic carbocycles. The average molecular weight is 457 g/mol. The molecular weight excluding hydrogens is 428 g/mol. The van der Waals surface area contributed by atoms with Crippen molar-refractivity contribution in [3.8, 4) is 5.75 Å². The molecule has 170 valence electrons. The topological polar surface area (TPSA) is 102 Å². The van der Waals surface area contributed by atoms with E-state index in [-0.39, 0.29) is 23.1 Å². The first kappa shape index (κ1) is 23.6. The second-order valence-corrected chi connectivity index (χ2v) is 9.57. The molecule has 3 rings (SSSR count). The Morgan fingerprint density at radius 2 is 1.84 bits per heavy atom. The van der Waals surface area contributed by atoms with Gasteiger partial charge in [0.05, 0.1) is 17.7 Å². The molecule has 32 heavy (non-hydrogen) atoms. The first-order valence-corrected chi connectivity index (χ1v) is 11.8. The number of piperazine rings is 1. The van der Waals surface area contributed by atoms with Gasteiger partial charge in [-0.1, -0.05) is 35.9 Å². The third-order valence-corrected chi connectivity index (χ3v) is 7.18. The normalized spacial score (nSPS) is 15.7. The van der Waals surface area contributed by atoms with Crippen LogP contribution in [-0.2, 0) is 21.2 Å². The molecule has 1 saturated heterocycles. The van der Waals surface area contributed by atoms with E-state index in [0.717, 1.165) is 11.1 Å². The van der Waals surface area contributed by atoms with E-state index < -0.39 is 10.0 Å². The van der Waals surface area contributed by atoms with Gasteiger partial charge in [0.15, 0.2) is 0 Å². The summed E-state index contributed by atoms with van der Waals surface area (Å²) in [5, 5.41) is 14.1. The number of hydrazone groups is 1. The molecule has 0 saturated carbocycles. The minimum absolute atomic E-state index is 0.108. The molecule has 0 bridgehead atoms. The zero-order valence-electron chi connectivity index (χ0n) is 18.1. The molecule has 1 aliphatic heterocycles. The van der Waals surface area contributed by atoms with Crippen LogP contribution in [0, 0.1) is 6.92 Å². The Hall–Kier alpha value is -3.01.